The molecule has 1 heterocycles. The van der Waals surface area contributed by atoms with E-state index < -0.39 is 0 Å². The highest BCUT2D eigenvalue weighted by atomic mass is 14.9. The molecular formula is C13H16N2. The fourth-order valence-electron chi connectivity index (χ4n) is 2.43. The van der Waals surface area contributed by atoms with E-state index in [1.54, 1.807) is 0 Å². The largest absolute Gasteiger partial charge is 0.351 e. The third kappa shape index (κ3) is 1.37. The summed E-state index contributed by atoms with van der Waals surface area (Å²) in [7, 11) is 2.10. The van der Waals surface area contributed by atoms with E-state index in [9.17, 15) is 0 Å². The van der Waals surface area contributed by atoms with Crippen LogP contribution in [0, 0.1) is 5.92 Å². The van der Waals surface area contributed by atoms with Gasteiger partial charge in [0, 0.05) is 18.8 Å². The maximum atomic E-state index is 5.68. The Balaban J connectivity index is 2.03. The van der Waals surface area contributed by atoms with Crippen molar-refractivity contribution in [2.45, 2.75) is 12.3 Å². The van der Waals surface area contributed by atoms with E-state index in [0.29, 0.717) is 5.92 Å². The van der Waals surface area contributed by atoms with Gasteiger partial charge < -0.3 is 10.3 Å². The molecule has 2 atom stereocenters. The molecule has 0 radical (unpaired) electrons. The Morgan fingerprint density at radius 3 is 3.00 bits per heavy atom. The molecule has 0 bridgehead atoms. The average Bonchev–Trinajstić information content (AvgIpc) is 2.97. The molecule has 1 aromatic carbocycles. The molecule has 15 heavy (non-hydrogen) atoms. The second-order valence-electron chi connectivity index (χ2n) is 4.58. The topological polar surface area (TPSA) is 30.9 Å². The van der Waals surface area contributed by atoms with Crippen molar-refractivity contribution in [3.63, 3.8) is 0 Å². The van der Waals surface area contributed by atoms with Gasteiger partial charge in [0.25, 0.3) is 0 Å². The number of nitrogens with zero attached hydrogens (tertiary/aromatic N) is 1. The highest BCUT2D eigenvalue weighted by molar-refractivity contribution is 5.81. The molecule has 1 aromatic heterocycles. The minimum Gasteiger partial charge on any atom is -0.351 e. The Morgan fingerprint density at radius 2 is 2.27 bits per heavy atom. The molecule has 1 saturated carbocycles. The lowest BCUT2D eigenvalue weighted by molar-refractivity contribution is 0.810. The summed E-state index contributed by atoms with van der Waals surface area (Å²) in [4.78, 5) is 0. The number of rotatable bonds is 2. The predicted octanol–water partition coefficient (Wildman–Crippen LogP) is 2.24. The van der Waals surface area contributed by atoms with Crippen LogP contribution in [0.5, 0.6) is 0 Å². The second kappa shape index (κ2) is 3.11. The van der Waals surface area contributed by atoms with Crippen molar-refractivity contribution >= 4 is 10.9 Å². The fraction of sp³-hybridized carbons (Fsp3) is 0.385. The summed E-state index contributed by atoms with van der Waals surface area (Å²) < 4.78 is 2.18. The molecule has 2 nitrogen and oxygen atoms in total. The van der Waals surface area contributed by atoms with E-state index in [1.165, 1.54) is 22.9 Å². The van der Waals surface area contributed by atoms with Gasteiger partial charge in [0.15, 0.2) is 0 Å². The molecule has 3 rings (SSSR count). The van der Waals surface area contributed by atoms with Crippen LogP contribution in [0.1, 0.15) is 17.9 Å². The van der Waals surface area contributed by atoms with Crippen LogP contribution in [0.15, 0.2) is 30.5 Å². The summed E-state index contributed by atoms with van der Waals surface area (Å²) in [5.41, 5.74) is 8.47. The number of aryl methyl sites for hydroxylation is 1. The SMILES string of the molecule is Cn1ccc2ccc(C3CC3CN)cc21. The van der Waals surface area contributed by atoms with Crippen molar-refractivity contribution < 1.29 is 0 Å². The number of aromatic nitrogens is 1. The van der Waals surface area contributed by atoms with Crippen LogP contribution in [0.4, 0.5) is 0 Å². The highest BCUT2D eigenvalue weighted by Crippen LogP contribution is 2.47. The van der Waals surface area contributed by atoms with Gasteiger partial charge in [-0.2, -0.15) is 0 Å². The molecule has 2 N–H and O–H groups in total. The molecule has 0 amide bonds. The number of fused-ring (bicyclic) bond motifs is 1. The van der Waals surface area contributed by atoms with Gasteiger partial charge in [0.1, 0.15) is 0 Å². The van der Waals surface area contributed by atoms with E-state index in [4.69, 9.17) is 5.73 Å². The minimum absolute atomic E-state index is 0.717. The molecule has 1 aliphatic rings. The van der Waals surface area contributed by atoms with Crippen LogP contribution in [0.2, 0.25) is 0 Å². The van der Waals surface area contributed by atoms with Crippen molar-refractivity contribution in [1.82, 2.24) is 4.57 Å². The highest BCUT2D eigenvalue weighted by Gasteiger charge is 2.36. The lowest BCUT2D eigenvalue weighted by Gasteiger charge is -2.02. The van der Waals surface area contributed by atoms with Crippen LogP contribution >= 0.6 is 0 Å². The molecule has 1 fully saturated rings. The lowest BCUT2D eigenvalue weighted by atomic mass is 10.1. The zero-order valence-corrected chi connectivity index (χ0v) is 8.98. The molecular weight excluding hydrogens is 184 g/mol. The molecule has 2 unspecified atom stereocenters. The molecule has 0 aliphatic heterocycles. The quantitative estimate of drug-likeness (QED) is 0.792. The van der Waals surface area contributed by atoms with E-state index in [1.807, 2.05) is 0 Å². The van der Waals surface area contributed by atoms with Crippen molar-refractivity contribution in [2.75, 3.05) is 6.54 Å². The van der Waals surface area contributed by atoms with Gasteiger partial charge in [0.05, 0.1) is 0 Å². The first-order valence-corrected chi connectivity index (χ1v) is 5.54. The van der Waals surface area contributed by atoms with Gasteiger partial charge in [-0.3, -0.25) is 0 Å². The van der Waals surface area contributed by atoms with Crippen molar-refractivity contribution in [3.8, 4) is 0 Å². The zero-order valence-electron chi connectivity index (χ0n) is 8.98. The first-order chi connectivity index (χ1) is 7.29. The van der Waals surface area contributed by atoms with E-state index in [-0.39, 0.29) is 0 Å². The van der Waals surface area contributed by atoms with E-state index >= 15 is 0 Å². The Hall–Kier alpha value is -1.28. The smallest absolute Gasteiger partial charge is 0.0480 e. The molecule has 2 heteroatoms. The number of hydrogen-bond acceptors (Lipinski definition) is 1. The number of nitrogens with two attached hydrogens (primary N) is 1. The van der Waals surface area contributed by atoms with Crippen molar-refractivity contribution in [3.05, 3.63) is 36.0 Å². The predicted molar refractivity (Wildman–Crippen MR) is 62.8 cm³/mol. The molecule has 78 valence electrons. The third-order valence-electron chi connectivity index (χ3n) is 3.57. The normalized spacial score (nSPS) is 24.7. The summed E-state index contributed by atoms with van der Waals surface area (Å²) in [5, 5.41) is 1.33. The summed E-state index contributed by atoms with van der Waals surface area (Å²) in [5.74, 6) is 1.44. The van der Waals surface area contributed by atoms with Crippen LogP contribution < -0.4 is 5.73 Å². The number of benzene rings is 1. The maximum Gasteiger partial charge on any atom is 0.0480 e. The van der Waals surface area contributed by atoms with Gasteiger partial charge >= 0.3 is 0 Å². The van der Waals surface area contributed by atoms with Crippen LogP contribution in [0.25, 0.3) is 10.9 Å². The van der Waals surface area contributed by atoms with E-state index in [0.717, 1.165) is 12.5 Å². The first-order valence-electron chi connectivity index (χ1n) is 5.54. The monoisotopic (exact) mass is 200 g/mol. The van der Waals surface area contributed by atoms with Gasteiger partial charge in [-0.05, 0) is 47.9 Å². The summed E-state index contributed by atoms with van der Waals surface area (Å²) in [6, 6.07) is 8.95. The Morgan fingerprint density at radius 1 is 1.40 bits per heavy atom. The van der Waals surface area contributed by atoms with E-state index in [2.05, 4.69) is 42.1 Å². The standard InChI is InChI=1S/C13H16N2/c1-15-5-4-9-2-3-10(7-13(9)15)12-6-11(12)8-14/h2-5,7,11-12H,6,8,14H2,1H3. The average molecular weight is 200 g/mol. The summed E-state index contributed by atoms with van der Waals surface area (Å²) in [6.07, 6.45) is 3.38. The molecule has 1 aliphatic carbocycles. The minimum atomic E-state index is 0.717. The van der Waals surface area contributed by atoms with Gasteiger partial charge in [-0.25, -0.2) is 0 Å². The molecule has 0 spiro atoms. The number of hydrogen-bond donors (Lipinski definition) is 1. The molecule has 2 aromatic rings. The lowest BCUT2D eigenvalue weighted by Crippen LogP contribution is -2.01. The Labute approximate surface area is 89.7 Å². The molecule has 0 saturated heterocycles. The van der Waals surface area contributed by atoms with Crippen LogP contribution in [-0.4, -0.2) is 11.1 Å². The summed E-state index contributed by atoms with van der Waals surface area (Å²) in [6.45, 7) is 0.829. The van der Waals surface area contributed by atoms with Gasteiger partial charge in [0.2, 0.25) is 0 Å². The third-order valence-corrected chi connectivity index (χ3v) is 3.57. The van der Waals surface area contributed by atoms with Gasteiger partial charge in [-0.1, -0.05) is 12.1 Å². The fourth-order valence-corrected chi connectivity index (χ4v) is 2.43. The van der Waals surface area contributed by atoms with Gasteiger partial charge in [-0.15, -0.1) is 0 Å². The van der Waals surface area contributed by atoms with Crippen molar-refractivity contribution in [2.24, 2.45) is 18.7 Å². The van der Waals surface area contributed by atoms with Crippen LogP contribution in [-0.2, 0) is 7.05 Å². The summed E-state index contributed by atoms with van der Waals surface area (Å²) >= 11 is 0. The Bertz CT molecular complexity index is 498. The van der Waals surface area contributed by atoms with Crippen molar-refractivity contribution in [1.29, 1.82) is 0 Å². The first kappa shape index (κ1) is 8.98. The second-order valence-corrected chi connectivity index (χ2v) is 4.58. The maximum absolute atomic E-state index is 5.68. The van der Waals surface area contributed by atoms with Crippen LogP contribution in [0.3, 0.4) is 0 Å². The zero-order chi connectivity index (χ0) is 10.4. The Kier molecular flexibility index (Phi) is 1.86.